The van der Waals surface area contributed by atoms with Crippen LogP contribution in [0.3, 0.4) is 0 Å². The number of hydrogen-bond donors (Lipinski definition) is 3. The fourth-order valence-electron chi connectivity index (χ4n) is 5.72. The summed E-state index contributed by atoms with van der Waals surface area (Å²) in [5, 5.41) is 5.24. The topological polar surface area (TPSA) is 123 Å². The summed E-state index contributed by atoms with van der Waals surface area (Å²) in [6, 6.07) is 11.7. The number of nitrogens with two attached hydrogens (primary N) is 1. The molecule has 0 spiro atoms. The van der Waals surface area contributed by atoms with Crippen molar-refractivity contribution in [2.45, 2.75) is 38.8 Å². The van der Waals surface area contributed by atoms with Crippen molar-refractivity contribution in [2.75, 3.05) is 23.7 Å². The molecule has 2 fully saturated rings. The maximum atomic E-state index is 14.0. The molecule has 7 rings (SSSR count). The van der Waals surface area contributed by atoms with E-state index >= 15 is 0 Å². The highest BCUT2D eigenvalue weighted by molar-refractivity contribution is 7.98. The number of fused-ring (bicyclic) bond motifs is 3. The Labute approximate surface area is 255 Å². The van der Waals surface area contributed by atoms with Crippen LogP contribution >= 0.6 is 12.1 Å². The first-order chi connectivity index (χ1) is 21.3. The third-order valence-electron chi connectivity index (χ3n) is 8.11. The minimum Gasteiger partial charge on any atom is -0.433 e. The Morgan fingerprint density at radius 3 is 2.57 bits per heavy atom. The summed E-state index contributed by atoms with van der Waals surface area (Å²) >= 11 is 1.62. The molecule has 226 valence electrons. The van der Waals surface area contributed by atoms with Crippen molar-refractivity contribution in [3.05, 3.63) is 88.9 Å². The summed E-state index contributed by atoms with van der Waals surface area (Å²) in [6.45, 7) is 5.30. The molecule has 2 saturated heterocycles. The van der Waals surface area contributed by atoms with Gasteiger partial charge in [-0.15, -0.1) is 0 Å². The van der Waals surface area contributed by atoms with Crippen molar-refractivity contribution in [3.63, 3.8) is 0 Å². The van der Waals surface area contributed by atoms with Crippen LogP contribution in [0.1, 0.15) is 40.0 Å². The van der Waals surface area contributed by atoms with Crippen LogP contribution in [0, 0.1) is 25.5 Å². The monoisotopic (exact) mass is 617 g/mol. The number of rotatable bonds is 8. The molecule has 2 unspecified atom stereocenters. The number of hydrogen-bond acceptors (Lipinski definition) is 9. The maximum Gasteiger partial charge on any atom is 0.219 e. The Bertz CT molecular complexity index is 1870. The molecule has 3 aromatic heterocycles. The number of carbonyl (C=O) groups is 1. The van der Waals surface area contributed by atoms with E-state index in [0.717, 1.165) is 60.3 Å². The number of anilines is 2. The predicted octanol–water partition coefficient (Wildman–Crippen LogP) is 6.09. The minimum absolute atomic E-state index is 0.00444. The number of halogens is 2. The molecule has 2 atom stereocenters. The van der Waals surface area contributed by atoms with Gasteiger partial charge in [-0.1, -0.05) is 6.07 Å². The number of H-pyrrole nitrogens is 1. The second-order valence-corrected chi connectivity index (χ2v) is 11.9. The molecule has 2 aromatic carbocycles. The van der Waals surface area contributed by atoms with Crippen LogP contribution in [0.25, 0.3) is 16.6 Å². The zero-order chi connectivity index (χ0) is 30.5. The van der Waals surface area contributed by atoms with Crippen LogP contribution < -0.4 is 15.2 Å². The van der Waals surface area contributed by atoms with Crippen LogP contribution in [-0.4, -0.2) is 55.1 Å². The Hall–Kier alpha value is -4.46. The number of carbonyl (C=O) groups excluding carboxylic acids is 1. The zero-order valence-electron chi connectivity index (χ0n) is 23.9. The van der Waals surface area contributed by atoms with Crippen LogP contribution in [0.2, 0.25) is 0 Å². The Balaban J connectivity index is 1.10. The first kappa shape index (κ1) is 28.3. The number of benzene rings is 2. The highest BCUT2D eigenvalue weighted by Gasteiger charge is 2.38. The number of nitrogen functional groups attached to an aromatic ring is 1. The maximum absolute atomic E-state index is 14.0. The summed E-state index contributed by atoms with van der Waals surface area (Å²) in [5.41, 5.74) is 11.0. The lowest BCUT2D eigenvalue weighted by Crippen LogP contribution is -2.41. The van der Waals surface area contributed by atoms with Crippen molar-refractivity contribution < 1.29 is 23.0 Å². The standard InChI is InChI=1S/C31H29F2N7O3S/c1-16-8-18-10-26(37-25(18)11-24(16)38-44-40-19-6-7-20(40)15-42-14-19)29(41)21-12-36-39(31(21)34)27-13-35-28(9-17(27)2)43-30-22(32)4-3-5-23(30)33/h3-5,8-13,19-20,37-38H,6-7,14-15,34H2,1-2H3. The van der Waals surface area contributed by atoms with Gasteiger partial charge in [0.05, 0.1) is 48.2 Å². The molecule has 5 aromatic rings. The molecule has 2 bridgehead atoms. The van der Waals surface area contributed by atoms with Crippen molar-refractivity contribution in [1.29, 1.82) is 0 Å². The summed E-state index contributed by atoms with van der Waals surface area (Å²) in [4.78, 5) is 21.0. The number of pyridine rings is 1. The summed E-state index contributed by atoms with van der Waals surface area (Å²) in [7, 11) is 0. The molecule has 0 amide bonds. The first-order valence-electron chi connectivity index (χ1n) is 14.2. The lowest BCUT2D eigenvalue weighted by Gasteiger charge is -2.33. The molecule has 0 saturated carbocycles. The van der Waals surface area contributed by atoms with Crippen LogP contribution in [-0.2, 0) is 4.74 Å². The van der Waals surface area contributed by atoms with Gasteiger partial charge in [0.1, 0.15) is 5.82 Å². The highest BCUT2D eigenvalue weighted by atomic mass is 32.2. The van der Waals surface area contributed by atoms with Crippen molar-refractivity contribution >= 4 is 40.3 Å². The summed E-state index contributed by atoms with van der Waals surface area (Å²) in [5.74, 6) is -2.41. The zero-order valence-corrected chi connectivity index (χ0v) is 24.8. The van der Waals surface area contributed by atoms with E-state index in [4.69, 9.17) is 15.2 Å². The molecule has 5 heterocycles. The van der Waals surface area contributed by atoms with E-state index < -0.39 is 17.4 Å². The van der Waals surface area contributed by atoms with E-state index in [2.05, 4.69) is 24.1 Å². The number of nitrogens with one attached hydrogen (secondary N) is 2. The summed E-state index contributed by atoms with van der Waals surface area (Å²) < 4.78 is 46.4. The van der Waals surface area contributed by atoms with E-state index in [0.29, 0.717) is 29.0 Å². The lowest BCUT2D eigenvalue weighted by atomic mass is 10.1. The molecular weight excluding hydrogens is 588 g/mol. The first-order valence-corrected chi connectivity index (χ1v) is 14.9. The number of morpholine rings is 1. The molecule has 0 aliphatic carbocycles. The van der Waals surface area contributed by atoms with E-state index in [1.165, 1.54) is 29.2 Å². The Morgan fingerprint density at radius 1 is 1.09 bits per heavy atom. The lowest BCUT2D eigenvalue weighted by molar-refractivity contribution is 0.0320. The van der Waals surface area contributed by atoms with Crippen LogP contribution in [0.5, 0.6) is 11.6 Å². The predicted molar refractivity (Wildman–Crippen MR) is 164 cm³/mol. The van der Waals surface area contributed by atoms with Gasteiger partial charge in [-0.3, -0.25) is 4.79 Å². The molecule has 2 aliphatic heterocycles. The number of aryl methyl sites for hydroxylation is 2. The van der Waals surface area contributed by atoms with Gasteiger partial charge in [-0.2, -0.15) is 5.10 Å². The largest absolute Gasteiger partial charge is 0.433 e. The van der Waals surface area contributed by atoms with E-state index in [9.17, 15) is 13.6 Å². The molecule has 10 nitrogen and oxygen atoms in total. The van der Waals surface area contributed by atoms with Gasteiger partial charge in [0.25, 0.3) is 0 Å². The average Bonchev–Trinajstić information content (AvgIpc) is 3.65. The van der Waals surface area contributed by atoms with Gasteiger partial charge in [-0.25, -0.2) is 22.8 Å². The molecule has 44 heavy (non-hydrogen) atoms. The fourth-order valence-corrected chi connectivity index (χ4v) is 6.78. The Kier molecular flexibility index (Phi) is 7.23. The highest BCUT2D eigenvalue weighted by Crippen LogP contribution is 2.36. The van der Waals surface area contributed by atoms with Crippen molar-refractivity contribution in [2.24, 2.45) is 0 Å². The number of aromatic amines is 1. The van der Waals surface area contributed by atoms with E-state index in [-0.39, 0.29) is 23.0 Å². The number of ketones is 1. The van der Waals surface area contributed by atoms with Crippen LogP contribution in [0.15, 0.2) is 54.9 Å². The summed E-state index contributed by atoms with van der Waals surface area (Å²) in [6.07, 6.45) is 5.12. The van der Waals surface area contributed by atoms with Gasteiger partial charge in [-0.05, 0) is 68.1 Å². The van der Waals surface area contributed by atoms with E-state index in [1.54, 1.807) is 25.1 Å². The molecule has 2 aliphatic rings. The van der Waals surface area contributed by atoms with Gasteiger partial charge >= 0.3 is 0 Å². The number of para-hydroxylation sites is 1. The SMILES string of the molecule is Cc1cc2cc(C(=O)c3cnn(-c4cnc(Oc5c(F)cccc5F)cc4C)c3N)[nH]c2cc1NSN1C2CCC1COC2. The second-order valence-electron chi connectivity index (χ2n) is 11.1. The normalized spacial score (nSPS) is 18.2. The van der Waals surface area contributed by atoms with Gasteiger partial charge in [0.15, 0.2) is 11.6 Å². The van der Waals surface area contributed by atoms with Crippen molar-refractivity contribution in [1.82, 2.24) is 24.1 Å². The smallest absolute Gasteiger partial charge is 0.219 e. The number of nitrogens with zero attached hydrogens (tertiary/aromatic N) is 4. The van der Waals surface area contributed by atoms with Crippen molar-refractivity contribution in [3.8, 4) is 17.3 Å². The Morgan fingerprint density at radius 2 is 1.84 bits per heavy atom. The van der Waals surface area contributed by atoms with Gasteiger partial charge in [0, 0.05) is 41.2 Å². The van der Waals surface area contributed by atoms with Crippen LogP contribution in [0.4, 0.5) is 20.3 Å². The number of aromatic nitrogens is 4. The minimum atomic E-state index is -0.841. The molecule has 4 N–H and O–H groups in total. The van der Waals surface area contributed by atoms with E-state index in [1.807, 2.05) is 19.1 Å². The third kappa shape index (κ3) is 5.06. The second kappa shape index (κ2) is 11.2. The fraction of sp³-hybridized carbons (Fsp3) is 0.258. The quantitative estimate of drug-likeness (QED) is 0.140. The van der Waals surface area contributed by atoms with Gasteiger partial charge < -0.3 is 24.9 Å². The van der Waals surface area contributed by atoms with Gasteiger partial charge in [0.2, 0.25) is 17.4 Å². The molecular formula is C31H29F2N7O3S. The number of ether oxygens (including phenoxy) is 2. The molecule has 0 radical (unpaired) electrons. The molecule has 13 heteroatoms. The average molecular weight is 618 g/mol. The third-order valence-corrected chi connectivity index (χ3v) is 9.23.